The molecule has 0 radical (unpaired) electrons. The number of aromatic hydroxyl groups is 1. The van der Waals surface area contributed by atoms with E-state index < -0.39 is 0 Å². The Bertz CT molecular complexity index is 2290. The lowest BCUT2D eigenvalue weighted by molar-refractivity contribution is 0.473. The summed E-state index contributed by atoms with van der Waals surface area (Å²) in [6, 6.07) is 44.4. The van der Waals surface area contributed by atoms with E-state index in [4.69, 9.17) is 9.98 Å². The number of para-hydroxylation sites is 1. The van der Waals surface area contributed by atoms with E-state index >= 15 is 0 Å². The molecule has 0 bridgehead atoms. The molecule has 0 fully saturated rings. The number of rotatable bonds is 6. The maximum atomic E-state index is 10.6. The zero-order valence-electron chi connectivity index (χ0n) is 28.0. The molecule has 0 aliphatic heterocycles. The van der Waals surface area contributed by atoms with Crippen molar-refractivity contribution in [2.24, 2.45) is 4.99 Å². The van der Waals surface area contributed by atoms with Crippen molar-refractivity contribution in [3.05, 3.63) is 150 Å². The zero-order valence-corrected chi connectivity index (χ0v) is 28.8. The highest BCUT2D eigenvalue weighted by atomic mass is 32.1. The second-order valence-corrected chi connectivity index (χ2v) is 14.5. The molecule has 0 unspecified atom stereocenters. The topological polar surface area (TPSA) is 45.5 Å². The van der Waals surface area contributed by atoms with Crippen molar-refractivity contribution in [3.8, 4) is 49.7 Å². The first-order valence-corrected chi connectivity index (χ1v) is 17.1. The summed E-state index contributed by atoms with van der Waals surface area (Å²) in [5.74, 6) is 0.214. The van der Waals surface area contributed by atoms with Gasteiger partial charge >= 0.3 is 0 Å². The predicted molar refractivity (Wildman–Crippen MR) is 205 cm³/mol. The second-order valence-electron chi connectivity index (χ2n) is 13.5. The first kappa shape index (κ1) is 31.3. The third-order valence-corrected chi connectivity index (χ3v) is 9.91. The molecule has 6 aromatic carbocycles. The minimum Gasteiger partial charge on any atom is -0.507 e. The molecule has 0 spiro atoms. The Kier molecular flexibility index (Phi) is 8.28. The lowest BCUT2D eigenvalue weighted by atomic mass is 9.86. The van der Waals surface area contributed by atoms with E-state index in [9.17, 15) is 5.11 Å². The number of aliphatic imine (C=N–C) groups is 1. The second kappa shape index (κ2) is 12.7. The molecule has 0 atom stereocenters. The number of phenolic OH excluding ortho intramolecular Hbond substituents is 1. The Morgan fingerprint density at radius 3 is 2.12 bits per heavy atom. The quantitative estimate of drug-likeness (QED) is 0.183. The molecule has 1 aromatic heterocycles. The minimum absolute atomic E-state index is 0.0351. The SMILES string of the molecule is Cc1ccc(C)c(-c2ccc(-c3cc(-c4ccccc4)c4nc(-c5ccccc5N=Cc5cc(C(C)(C)C)ccc5O)sc4c3)cc2)c1. The third kappa shape index (κ3) is 6.32. The van der Waals surface area contributed by atoms with Crippen LogP contribution < -0.4 is 0 Å². The lowest BCUT2D eigenvalue weighted by Gasteiger charge is -2.19. The summed E-state index contributed by atoms with van der Waals surface area (Å²) in [4.78, 5) is 10.1. The number of aromatic nitrogens is 1. The normalized spacial score (nSPS) is 11.9. The maximum Gasteiger partial charge on any atom is 0.126 e. The van der Waals surface area contributed by atoms with Gasteiger partial charge in [-0.25, -0.2) is 4.98 Å². The highest BCUT2D eigenvalue weighted by Gasteiger charge is 2.17. The zero-order chi connectivity index (χ0) is 33.4. The number of aryl methyl sites for hydroxylation is 2. The van der Waals surface area contributed by atoms with Crippen molar-refractivity contribution in [2.45, 2.75) is 40.0 Å². The van der Waals surface area contributed by atoms with Gasteiger partial charge in [0, 0.05) is 22.9 Å². The van der Waals surface area contributed by atoms with Crippen LogP contribution in [0, 0.1) is 13.8 Å². The summed E-state index contributed by atoms with van der Waals surface area (Å²) in [5, 5.41) is 11.5. The van der Waals surface area contributed by atoms with E-state index in [0.717, 1.165) is 48.7 Å². The molecule has 0 aliphatic carbocycles. The summed E-state index contributed by atoms with van der Waals surface area (Å²) in [6.45, 7) is 10.8. The van der Waals surface area contributed by atoms with Gasteiger partial charge in [-0.2, -0.15) is 0 Å². The highest BCUT2D eigenvalue weighted by molar-refractivity contribution is 7.21. The van der Waals surface area contributed by atoms with E-state index in [-0.39, 0.29) is 11.2 Å². The van der Waals surface area contributed by atoms with E-state index in [1.165, 1.54) is 27.8 Å². The number of nitrogens with zero attached hydrogens (tertiary/aromatic N) is 2. The standard InChI is InChI=1S/C44H38N2OS/c1-28-15-16-29(2)37(23-28)32-19-17-30(18-20-32)33-25-38(31-11-7-6-8-12-31)42-41(26-33)48-43(46-42)36-13-9-10-14-39(36)45-27-34-24-35(44(3,4)5)21-22-40(34)47/h6-27,47H,1-5H3. The maximum absolute atomic E-state index is 10.6. The highest BCUT2D eigenvalue weighted by Crippen LogP contribution is 2.42. The van der Waals surface area contributed by atoms with E-state index in [2.05, 4.69) is 120 Å². The molecule has 4 heteroatoms. The molecule has 236 valence electrons. The number of thiazole rings is 1. The Morgan fingerprint density at radius 1 is 0.646 bits per heavy atom. The molecule has 0 aliphatic rings. The Labute approximate surface area is 287 Å². The molecule has 7 aromatic rings. The van der Waals surface area contributed by atoms with Gasteiger partial charge < -0.3 is 5.11 Å². The smallest absolute Gasteiger partial charge is 0.126 e. The summed E-state index contributed by atoms with van der Waals surface area (Å²) >= 11 is 1.68. The molecule has 1 N–H and O–H groups in total. The first-order chi connectivity index (χ1) is 23.1. The van der Waals surface area contributed by atoms with Crippen LogP contribution in [0.1, 0.15) is 43.0 Å². The van der Waals surface area contributed by atoms with Crippen LogP contribution in [-0.2, 0) is 5.41 Å². The van der Waals surface area contributed by atoms with Gasteiger partial charge in [0.05, 0.1) is 15.9 Å². The van der Waals surface area contributed by atoms with Crippen molar-refractivity contribution >= 4 is 33.5 Å². The summed E-state index contributed by atoms with van der Waals surface area (Å²) in [7, 11) is 0. The number of hydrogen-bond donors (Lipinski definition) is 1. The number of phenols is 1. The molecule has 0 saturated carbocycles. The number of fused-ring (bicyclic) bond motifs is 1. The Morgan fingerprint density at radius 2 is 1.35 bits per heavy atom. The van der Waals surface area contributed by atoms with Gasteiger partial charge in [0.15, 0.2) is 0 Å². The van der Waals surface area contributed by atoms with Crippen molar-refractivity contribution < 1.29 is 5.11 Å². The van der Waals surface area contributed by atoms with Crippen molar-refractivity contribution in [1.82, 2.24) is 4.98 Å². The Balaban J connectivity index is 1.31. The molecule has 0 saturated heterocycles. The largest absolute Gasteiger partial charge is 0.507 e. The minimum atomic E-state index is -0.0351. The van der Waals surface area contributed by atoms with Gasteiger partial charge in [-0.3, -0.25) is 4.99 Å². The van der Waals surface area contributed by atoms with Crippen molar-refractivity contribution in [3.63, 3.8) is 0 Å². The lowest BCUT2D eigenvalue weighted by Crippen LogP contribution is -2.11. The van der Waals surface area contributed by atoms with Gasteiger partial charge in [0.1, 0.15) is 10.8 Å². The number of benzene rings is 6. The predicted octanol–water partition coefficient (Wildman–Crippen LogP) is 12.3. The van der Waals surface area contributed by atoms with Gasteiger partial charge in [-0.1, -0.05) is 117 Å². The summed E-state index contributed by atoms with van der Waals surface area (Å²) < 4.78 is 1.12. The monoisotopic (exact) mass is 642 g/mol. The van der Waals surface area contributed by atoms with Crippen molar-refractivity contribution in [1.29, 1.82) is 0 Å². The van der Waals surface area contributed by atoms with Crippen LogP contribution in [-0.4, -0.2) is 16.3 Å². The van der Waals surface area contributed by atoms with Crippen LogP contribution >= 0.6 is 11.3 Å². The van der Waals surface area contributed by atoms with Gasteiger partial charge in [0.25, 0.3) is 0 Å². The fourth-order valence-corrected chi connectivity index (χ4v) is 7.13. The van der Waals surface area contributed by atoms with Gasteiger partial charge in [-0.05, 0) is 94.6 Å². The van der Waals surface area contributed by atoms with Gasteiger partial charge in [0.2, 0.25) is 0 Å². The molecule has 7 rings (SSSR count). The molecule has 0 amide bonds. The van der Waals surface area contributed by atoms with Crippen LogP contribution in [0.2, 0.25) is 0 Å². The van der Waals surface area contributed by atoms with Crippen LogP contribution in [0.25, 0.3) is 54.2 Å². The average molecular weight is 643 g/mol. The summed E-state index contributed by atoms with van der Waals surface area (Å²) in [5.41, 5.74) is 14.1. The third-order valence-electron chi connectivity index (χ3n) is 8.87. The van der Waals surface area contributed by atoms with Crippen molar-refractivity contribution in [2.75, 3.05) is 0 Å². The molecule has 3 nitrogen and oxygen atoms in total. The number of hydrogen-bond acceptors (Lipinski definition) is 4. The van der Waals surface area contributed by atoms with Crippen LogP contribution in [0.15, 0.2) is 132 Å². The van der Waals surface area contributed by atoms with Crippen LogP contribution in [0.3, 0.4) is 0 Å². The molecule has 1 heterocycles. The van der Waals surface area contributed by atoms with Crippen LogP contribution in [0.5, 0.6) is 5.75 Å². The van der Waals surface area contributed by atoms with Crippen LogP contribution in [0.4, 0.5) is 5.69 Å². The fourth-order valence-electron chi connectivity index (χ4n) is 6.07. The Hall–Kier alpha value is -5.32. The molecular weight excluding hydrogens is 605 g/mol. The van der Waals surface area contributed by atoms with E-state index in [0.29, 0.717) is 5.56 Å². The average Bonchev–Trinajstić information content (AvgIpc) is 3.53. The summed E-state index contributed by atoms with van der Waals surface area (Å²) in [6.07, 6.45) is 1.76. The molecule has 48 heavy (non-hydrogen) atoms. The van der Waals surface area contributed by atoms with Gasteiger partial charge in [-0.15, -0.1) is 11.3 Å². The van der Waals surface area contributed by atoms with E-state index in [1.54, 1.807) is 23.6 Å². The first-order valence-electron chi connectivity index (χ1n) is 16.3. The molecular formula is C44H38N2OS. The van der Waals surface area contributed by atoms with E-state index in [1.807, 2.05) is 36.4 Å². The fraction of sp³-hybridized carbons (Fsp3) is 0.136.